The molecule has 0 radical (unpaired) electrons. The number of benzene rings is 1. The number of carbonyl (C=O) groups excluding carboxylic acids is 1. The molecule has 80 valence electrons. The van der Waals surface area contributed by atoms with Gasteiger partial charge in [0.05, 0.1) is 0 Å². The molecule has 1 unspecified atom stereocenters. The summed E-state index contributed by atoms with van der Waals surface area (Å²) in [6.45, 7) is 0.381. The lowest BCUT2D eigenvalue weighted by molar-refractivity contribution is -0.130. The molecule has 1 amide bonds. The monoisotopic (exact) mass is 225 g/mol. The Hall–Kier alpha value is -1.06. The van der Waals surface area contributed by atoms with Crippen molar-refractivity contribution < 1.29 is 9.90 Å². The maximum absolute atomic E-state index is 11.4. The number of hydrogen-bond acceptors (Lipinski definition) is 2. The van der Waals surface area contributed by atoms with Crippen LogP contribution in [0.2, 0.25) is 5.02 Å². The predicted octanol–water partition coefficient (Wildman–Crippen LogP) is 1.61. The number of hydrogen-bond donors (Lipinski definition) is 1. The number of rotatable bonds is 2. The van der Waals surface area contributed by atoms with E-state index >= 15 is 0 Å². The minimum absolute atomic E-state index is 0.00229. The summed E-state index contributed by atoms with van der Waals surface area (Å²) < 4.78 is 0. The average Bonchev–Trinajstić information content (AvgIpc) is 2.60. The van der Waals surface area contributed by atoms with Crippen LogP contribution >= 0.6 is 11.6 Å². The van der Waals surface area contributed by atoms with Gasteiger partial charge in [0.15, 0.2) is 0 Å². The Bertz CT molecular complexity index is 381. The van der Waals surface area contributed by atoms with Gasteiger partial charge in [0.1, 0.15) is 6.73 Å². The second kappa shape index (κ2) is 4.21. The van der Waals surface area contributed by atoms with Crippen molar-refractivity contribution in [3.63, 3.8) is 0 Å². The molecule has 0 spiro atoms. The highest BCUT2D eigenvalue weighted by atomic mass is 35.5. The minimum atomic E-state index is -0.199. The van der Waals surface area contributed by atoms with E-state index in [1.54, 1.807) is 0 Å². The molecule has 0 aliphatic carbocycles. The number of amides is 1. The van der Waals surface area contributed by atoms with Gasteiger partial charge in [0.25, 0.3) is 0 Å². The van der Waals surface area contributed by atoms with Crippen LogP contribution in [0.15, 0.2) is 24.3 Å². The van der Waals surface area contributed by atoms with E-state index in [4.69, 9.17) is 16.7 Å². The summed E-state index contributed by atoms with van der Waals surface area (Å²) >= 11 is 5.88. The van der Waals surface area contributed by atoms with Crippen LogP contribution < -0.4 is 0 Å². The number of aliphatic hydroxyl groups excluding tert-OH is 1. The summed E-state index contributed by atoms with van der Waals surface area (Å²) in [6.07, 6.45) is 0.459. The molecular weight excluding hydrogens is 214 g/mol. The molecule has 1 saturated heterocycles. The van der Waals surface area contributed by atoms with Gasteiger partial charge in [-0.2, -0.15) is 0 Å². The van der Waals surface area contributed by atoms with E-state index in [9.17, 15) is 4.79 Å². The van der Waals surface area contributed by atoms with Gasteiger partial charge in [-0.25, -0.2) is 0 Å². The fraction of sp³-hybridized carbons (Fsp3) is 0.364. The third-order valence-corrected chi connectivity index (χ3v) is 2.94. The second-order valence-corrected chi connectivity index (χ2v) is 4.15. The van der Waals surface area contributed by atoms with Crippen LogP contribution in [0, 0.1) is 0 Å². The maximum Gasteiger partial charge on any atom is 0.225 e. The van der Waals surface area contributed by atoms with Crippen molar-refractivity contribution >= 4 is 17.5 Å². The molecule has 2 rings (SSSR count). The van der Waals surface area contributed by atoms with Crippen LogP contribution in [0.3, 0.4) is 0 Å². The van der Waals surface area contributed by atoms with Crippen LogP contribution in [-0.2, 0) is 4.79 Å². The Morgan fingerprint density at radius 2 is 2.33 bits per heavy atom. The first-order valence-corrected chi connectivity index (χ1v) is 5.22. The Morgan fingerprint density at radius 3 is 2.93 bits per heavy atom. The van der Waals surface area contributed by atoms with Crippen molar-refractivity contribution in [2.45, 2.75) is 12.3 Å². The lowest BCUT2D eigenvalue weighted by Crippen LogP contribution is -2.25. The molecule has 1 heterocycles. The van der Waals surface area contributed by atoms with Crippen molar-refractivity contribution in [1.82, 2.24) is 4.90 Å². The third kappa shape index (κ3) is 2.13. The number of aliphatic hydroxyl groups is 1. The molecule has 15 heavy (non-hydrogen) atoms. The number of nitrogens with zero attached hydrogens (tertiary/aromatic N) is 1. The van der Waals surface area contributed by atoms with E-state index in [2.05, 4.69) is 0 Å². The van der Waals surface area contributed by atoms with E-state index in [0.29, 0.717) is 18.0 Å². The van der Waals surface area contributed by atoms with Crippen molar-refractivity contribution in [3.05, 3.63) is 34.9 Å². The van der Waals surface area contributed by atoms with Gasteiger partial charge in [-0.3, -0.25) is 4.79 Å². The van der Waals surface area contributed by atoms with Crippen LogP contribution in [-0.4, -0.2) is 29.2 Å². The van der Waals surface area contributed by atoms with Gasteiger partial charge < -0.3 is 10.0 Å². The van der Waals surface area contributed by atoms with Crippen molar-refractivity contribution in [1.29, 1.82) is 0 Å². The highest BCUT2D eigenvalue weighted by Crippen LogP contribution is 2.28. The molecule has 4 heteroatoms. The number of halogens is 1. The summed E-state index contributed by atoms with van der Waals surface area (Å²) in [5.74, 6) is 0.158. The predicted molar refractivity (Wildman–Crippen MR) is 57.6 cm³/mol. The second-order valence-electron chi connectivity index (χ2n) is 3.71. The van der Waals surface area contributed by atoms with Crippen LogP contribution in [0.25, 0.3) is 0 Å². The van der Waals surface area contributed by atoms with E-state index < -0.39 is 0 Å². The lowest BCUT2D eigenvalue weighted by atomic mass is 9.98. The van der Waals surface area contributed by atoms with E-state index in [-0.39, 0.29) is 18.6 Å². The van der Waals surface area contributed by atoms with Gasteiger partial charge >= 0.3 is 0 Å². The summed E-state index contributed by atoms with van der Waals surface area (Å²) in [5, 5.41) is 9.62. The standard InChI is InChI=1S/C11H12ClNO2/c12-10-3-1-2-8(4-10)9-5-11(15)13(6-9)7-14/h1-4,9,14H,5-7H2. The fourth-order valence-electron chi connectivity index (χ4n) is 1.89. The van der Waals surface area contributed by atoms with Gasteiger partial charge in [0, 0.05) is 23.9 Å². The maximum atomic E-state index is 11.4. The molecule has 1 N–H and O–H groups in total. The molecule has 1 aromatic carbocycles. The van der Waals surface area contributed by atoms with Gasteiger partial charge in [-0.05, 0) is 17.7 Å². The largest absolute Gasteiger partial charge is 0.376 e. The van der Waals surface area contributed by atoms with E-state index in [0.717, 1.165) is 5.56 Å². The molecule has 1 atom stereocenters. The molecule has 3 nitrogen and oxygen atoms in total. The molecule has 1 aliphatic heterocycles. The Balaban J connectivity index is 2.17. The normalized spacial score (nSPS) is 21.1. The topological polar surface area (TPSA) is 40.5 Å². The third-order valence-electron chi connectivity index (χ3n) is 2.71. The Labute approximate surface area is 93.3 Å². The number of carbonyl (C=O) groups is 1. The Morgan fingerprint density at radius 1 is 1.53 bits per heavy atom. The first-order valence-electron chi connectivity index (χ1n) is 4.85. The summed E-state index contributed by atoms with van der Waals surface area (Å²) in [6, 6.07) is 7.53. The van der Waals surface area contributed by atoms with Crippen LogP contribution in [0.5, 0.6) is 0 Å². The molecule has 1 aliphatic rings. The summed E-state index contributed by atoms with van der Waals surface area (Å²) in [7, 11) is 0. The van der Waals surface area contributed by atoms with Crippen molar-refractivity contribution in [2.75, 3.05) is 13.3 Å². The highest BCUT2D eigenvalue weighted by Gasteiger charge is 2.29. The summed E-state index contributed by atoms with van der Waals surface area (Å²) in [4.78, 5) is 12.9. The summed E-state index contributed by atoms with van der Waals surface area (Å²) in [5.41, 5.74) is 1.06. The first-order chi connectivity index (χ1) is 7.20. The molecule has 1 aromatic rings. The number of likely N-dealkylation sites (tertiary alicyclic amines) is 1. The van der Waals surface area contributed by atoms with Gasteiger partial charge in [-0.15, -0.1) is 0 Å². The molecule has 0 bridgehead atoms. The van der Waals surface area contributed by atoms with Crippen LogP contribution in [0.4, 0.5) is 0 Å². The molecule has 0 aromatic heterocycles. The lowest BCUT2D eigenvalue weighted by Gasteiger charge is -2.12. The molecule has 1 fully saturated rings. The molecule has 0 saturated carbocycles. The van der Waals surface area contributed by atoms with Crippen LogP contribution in [0.1, 0.15) is 17.9 Å². The highest BCUT2D eigenvalue weighted by molar-refractivity contribution is 6.30. The van der Waals surface area contributed by atoms with E-state index in [1.165, 1.54) is 4.90 Å². The molecular formula is C11H12ClNO2. The minimum Gasteiger partial charge on any atom is -0.376 e. The smallest absolute Gasteiger partial charge is 0.225 e. The SMILES string of the molecule is O=C1CC(c2cccc(Cl)c2)CN1CO. The van der Waals surface area contributed by atoms with E-state index in [1.807, 2.05) is 24.3 Å². The fourth-order valence-corrected chi connectivity index (χ4v) is 2.09. The van der Waals surface area contributed by atoms with Crippen molar-refractivity contribution in [3.8, 4) is 0 Å². The zero-order valence-corrected chi connectivity index (χ0v) is 8.94. The Kier molecular flexibility index (Phi) is 2.93. The van der Waals surface area contributed by atoms with Gasteiger partial charge in [0.2, 0.25) is 5.91 Å². The average molecular weight is 226 g/mol. The van der Waals surface area contributed by atoms with Gasteiger partial charge in [-0.1, -0.05) is 23.7 Å². The first kappa shape index (κ1) is 10.5. The van der Waals surface area contributed by atoms with Crippen molar-refractivity contribution in [2.24, 2.45) is 0 Å². The zero-order valence-electron chi connectivity index (χ0n) is 8.19. The zero-order chi connectivity index (χ0) is 10.8. The quantitative estimate of drug-likeness (QED) is 0.831.